The fourth-order valence-electron chi connectivity index (χ4n) is 3.70. The van der Waals surface area contributed by atoms with Crippen molar-refractivity contribution in [3.8, 4) is 0 Å². The second-order valence-corrected chi connectivity index (χ2v) is 11.9. The molecule has 0 atom stereocenters. The minimum atomic E-state index is -3.71. The Morgan fingerprint density at radius 3 is 2.25 bits per heavy atom. The van der Waals surface area contributed by atoms with Crippen molar-refractivity contribution in [2.75, 3.05) is 35.5 Å². The number of aryl methyl sites for hydroxylation is 2. The van der Waals surface area contributed by atoms with Gasteiger partial charge in [0.1, 0.15) is 6.54 Å². The molecule has 2 aromatic carbocycles. The molecule has 8 nitrogen and oxygen atoms in total. The first kappa shape index (κ1) is 24.2. The highest BCUT2D eigenvalue weighted by atomic mass is 32.2. The van der Waals surface area contributed by atoms with Gasteiger partial charge in [0.25, 0.3) is 0 Å². The lowest BCUT2D eigenvalue weighted by Crippen LogP contribution is -2.38. The monoisotopic (exact) mass is 479 g/mol. The summed E-state index contributed by atoms with van der Waals surface area (Å²) in [6.07, 6.45) is 3.71. The number of para-hydroxylation sites is 1. The van der Waals surface area contributed by atoms with Gasteiger partial charge in [0.2, 0.25) is 26.0 Å². The molecule has 1 N–H and O–H groups in total. The summed E-state index contributed by atoms with van der Waals surface area (Å²) >= 11 is 0. The fraction of sp³-hybridized carbons (Fsp3) is 0.409. The highest BCUT2D eigenvalue weighted by molar-refractivity contribution is 7.92. The number of hydrogen-bond donors (Lipinski definition) is 1. The molecule has 1 fully saturated rings. The van der Waals surface area contributed by atoms with E-state index < -0.39 is 32.5 Å². The van der Waals surface area contributed by atoms with E-state index in [0.29, 0.717) is 30.0 Å². The zero-order valence-electron chi connectivity index (χ0n) is 18.5. The summed E-state index contributed by atoms with van der Waals surface area (Å²) in [5, 5.41) is 2.69. The molecule has 32 heavy (non-hydrogen) atoms. The van der Waals surface area contributed by atoms with Crippen LogP contribution in [0.25, 0.3) is 0 Å². The van der Waals surface area contributed by atoms with Crippen molar-refractivity contribution in [2.45, 2.75) is 38.0 Å². The number of piperidine rings is 1. The SMILES string of the molecule is Cc1ccc(S(=O)(=O)N2CCCCC2)cc1NC(=O)CN(c1ccccc1C)S(C)(=O)=O. The van der Waals surface area contributed by atoms with Crippen molar-refractivity contribution in [2.24, 2.45) is 0 Å². The van der Waals surface area contributed by atoms with Gasteiger partial charge in [-0.3, -0.25) is 9.10 Å². The Morgan fingerprint density at radius 2 is 1.62 bits per heavy atom. The number of hydrogen-bond acceptors (Lipinski definition) is 5. The molecule has 0 bridgehead atoms. The number of anilines is 2. The molecule has 0 unspecified atom stereocenters. The standard InChI is InChI=1S/C22H29N3O5S2/c1-17-11-12-19(32(29,30)24-13-7-4-8-14-24)15-20(17)23-22(26)16-25(31(3,27)28)21-10-6-5-9-18(21)2/h5-6,9-12,15H,4,7-8,13-14,16H2,1-3H3,(H,23,26). The molecule has 10 heteroatoms. The molecule has 0 aliphatic carbocycles. The highest BCUT2D eigenvalue weighted by Crippen LogP contribution is 2.26. The third-order valence-electron chi connectivity index (χ3n) is 5.51. The maximum Gasteiger partial charge on any atom is 0.245 e. The Bertz CT molecular complexity index is 1200. The van der Waals surface area contributed by atoms with Crippen LogP contribution < -0.4 is 9.62 Å². The molecule has 0 spiro atoms. The van der Waals surface area contributed by atoms with Gasteiger partial charge in [-0.05, 0) is 56.0 Å². The molecule has 174 valence electrons. The Labute approximate surface area is 190 Å². The molecule has 0 aromatic heterocycles. The number of rotatable bonds is 7. The third-order valence-corrected chi connectivity index (χ3v) is 8.53. The Morgan fingerprint density at radius 1 is 0.969 bits per heavy atom. The Kier molecular flexibility index (Phi) is 7.26. The molecule has 1 aliphatic rings. The Hall–Kier alpha value is -2.43. The van der Waals surface area contributed by atoms with E-state index in [2.05, 4.69) is 5.32 Å². The quantitative estimate of drug-likeness (QED) is 0.658. The molecule has 1 aliphatic heterocycles. The van der Waals surface area contributed by atoms with Crippen molar-refractivity contribution in [3.05, 3.63) is 53.6 Å². The average molecular weight is 480 g/mol. The lowest BCUT2D eigenvalue weighted by Gasteiger charge is -2.26. The maximum atomic E-state index is 13.0. The van der Waals surface area contributed by atoms with Crippen LogP contribution >= 0.6 is 0 Å². The molecular formula is C22H29N3O5S2. The minimum absolute atomic E-state index is 0.110. The van der Waals surface area contributed by atoms with Gasteiger partial charge in [0.15, 0.2) is 0 Å². The molecule has 1 saturated heterocycles. The molecule has 1 heterocycles. The molecular weight excluding hydrogens is 450 g/mol. The summed E-state index contributed by atoms with van der Waals surface area (Å²) in [5.74, 6) is -0.561. The third kappa shape index (κ3) is 5.48. The van der Waals surface area contributed by atoms with Crippen LogP contribution in [0.4, 0.5) is 11.4 Å². The first-order valence-corrected chi connectivity index (χ1v) is 13.7. The van der Waals surface area contributed by atoms with Gasteiger partial charge in [-0.15, -0.1) is 0 Å². The van der Waals surface area contributed by atoms with Crippen molar-refractivity contribution in [1.29, 1.82) is 0 Å². The summed E-state index contributed by atoms with van der Waals surface area (Å²) in [5.41, 5.74) is 2.16. The normalized spacial score (nSPS) is 15.3. The van der Waals surface area contributed by atoms with Crippen LogP contribution in [-0.4, -0.2) is 52.9 Å². The summed E-state index contributed by atoms with van der Waals surface area (Å²) in [7, 11) is -7.37. The lowest BCUT2D eigenvalue weighted by atomic mass is 10.2. The molecule has 3 rings (SSSR count). The summed E-state index contributed by atoms with van der Waals surface area (Å²) < 4.78 is 53.2. The van der Waals surface area contributed by atoms with Gasteiger partial charge in [0, 0.05) is 18.8 Å². The van der Waals surface area contributed by atoms with E-state index in [1.807, 2.05) is 0 Å². The largest absolute Gasteiger partial charge is 0.324 e. The van der Waals surface area contributed by atoms with Crippen molar-refractivity contribution in [1.82, 2.24) is 4.31 Å². The predicted octanol–water partition coefficient (Wildman–Crippen LogP) is 2.88. The maximum absolute atomic E-state index is 13.0. The number of amides is 1. The molecule has 2 aromatic rings. The van der Waals surface area contributed by atoms with Crippen molar-refractivity contribution < 1.29 is 21.6 Å². The number of carbonyl (C=O) groups excluding carboxylic acids is 1. The van der Waals surface area contributed by atoms with Crippen LogP contribution in [0.2, 0.25) is 0 Å². The fourth-order valence-corrected chi connectivity index (χ4v) is 6.15. The first-order valence-electron chi connectivity index (χ1n) is 10.4. The first-order chi connectivity index (χ1) is 15.0. The number of carbonyl (C=O) groups is 1. The minimum Gasteiger partial charge on any atom is -0.324 e. The van der Waals surface area contributed by atoms with Crippen LogP contribution in [0.15, 0.2) is 47.4 Å². The summed E-state index contributed by atoms with van der Waals surface area (Å²) in [4.78, 5) is 12.9. The van der Waals surface area contributed by atoms with E-state index in [0.717, 1.165) is 35.4 Å². The molecule has 1 amide bonds. The van der Waals surface area contributed by atoms with Gasteiger partial charge in [-0.25, -0.2) is 16.8 Å². The van der Waals surface area contributed by atoms with Gasteiger partial charge in [-0.2, -0.15) is 4.31 Å². The average Bonchev–Trinajstić information content (AvgIpc) is 2.74. The van der Waals surface area contributed by atoms with E-state index in [9.17, 15) is 21.6 Å². The van der Waals surface area contributed by atoms with Crippen LogP contribution in [0.3, 0.4) is 0 Å². The second kappa shape index (κ2) is 9.60. The van der Waals surface area contributed by atoms with Crippen LogP contribution in [0.1, 0.15) is 30.4 Å². The molecule has 0 radical (unpaired) electrons. The number of nitrogens with zero attached hydrogens (tertiary/aromatic N) is 2. The van der Waals surface area contributed by atoms with Crippen molar-refractivity contribution in [3.63, 3.8) is 0 Å². The lowest BCUT2D eigenvalue weighted by molar-refractivity contribution is -0.114. The van der Waals surface area contributed by atoms with E-state index in [1.54, 1.807) is 44.2 Å². The van der Waals surface area contributed by atoms with Crippen LogP contribution in [0, 0.1) is 13.8 Å². The van der Waals surface area contributed by atoms with Gasteiger partial charge < -0.3 is 5.32 Å². The van der Waals surface area contributed by atoms with E-state index in [1.165, 1.54) is 16.4 Å². The van der Waals surface area contributed by atoms with Crippen LogP contribution in [-0.2, 0) is 24.8 Å². The van der Waals surface area contributed by atoms with Crippen LogP contribution in [0.5, 0.6) is 0 Å². The van der Waals surface area contributed by atoms with E-state index in [4.69, 9.17) is 0 Å². The van der Waals surface area contributed by atoms with E-state index in [-0.39, 0.29) is 4.90 Å². The summed E-state index contributed by atoms with van der Waals surface area (Å²) in [6, 6.07) is 11.5. The zero-order chi connectivity index (χ0) is 23.5. The Balaban J connectivity index is 1.84. The smallest absolute Gasteiger partial charge is 0.245 e. The predicted molar refractivity (Wildman–Crippen MR) is 126 cm³/mol. The van der Waals surface area contributed by atoms with Gasteiger partial charge in [-0.1, -0.05) is 30.7 Å². The van der Waals surface area contributed by atoms with Gasteiger partial charge >= 0.3 is 0 Å². The number of sulfonamides is 2. The van der Waals surface area contributed by atoms with Crippen molar-refractivity contribution >= 4 is 37.3 Å². The number of nitrogens with one attached hydrogen (secondary N) is 1. The van der Waals surface area contributed by atoms with E-state index >= 15 is 0 Å². The topological polar surface area (TPSA) is 104 Å². The zero-order valence-corrected chi connectivity index (χ0v) is 20.2. The molecule has 0 saturated carbocycles. The van der Waals surface area contributed by atoms with Gasteiger partial charge in [0.05, 0.1) is 16.8 Å². The number of benzene rings is 2. The summed E-state index contributed by atoms with van der Waals surface area (Å²) in [6.45, 7) is 4.06. The second-order valence-electron chi connectivity index (χ2n) is 8.05. The highest BCUT2D eigenvalue weighted by Gasteiger charge is 2.27.